The molecule has 11 heavy (non-hydrogen) atoms. The molecule has 1 N–H and O–H groups in total. The molecule has 1 saturated heterocycles. The van der Waals surface area contributed by atoms with Gasteiger partial charge >= 0.3 is 0 Å². The average molecular weight is 155 g/mol. The summed E-state index contributed by atoms with van der Waals surface area (Å²) < 4.78 is 0. The Labute approximate surface area is 68.4 Å². The summed E-state index contributed by atoms with van der Waals surface area (Å²) in [7, 11) is 0. The first kappa shape index (κ1) is 8.72. The molecule has 0 bridgehead atoms. The van der Waals surface area contributed by atoms with Gasteiger partial charge in [-0.05, 0) is 32.4 Å². The van der Waals surface area contributed by atoms with Crippen molar-refractivity contribution in [2.24, 2.45) is 11.3 Å². The molecule has 2 nitrogen and oxygen atoms in total. The van der Waals surface area contributed by atoms with Crippen LogP contribution in [0.2, 0.25) is 0 Å². The molecular weight excluding hydrogens is 138 g/mol. The van der Waals surface area contributed by atoms with E-state index in [4.69, 9.17) is 0 Å². The van der Waals surface area contributed by atoms with E-state index in [1.54, 1.807) is 6.92 Å². The van der Waals surface area contributed by atoms with Gasteiger partial charge < -0.3 is 5.32 Å². The second-order valence-electron chi connectivity index (χ2n) is 3.97. The highest BCUT2D eigenvalue weighted by molar-refractivity contribution is 5.81. The minimum Gasteiger partial charge on any atom is -0.316 e. The summed E-state index contributed by atoms with van der Waals surface area (Å²) >= 11 is 0. The lowest BCUT2D eigenvalue weighted by Gasteiger charge is -2.27. The molecule has 0 amide bonds. The third-order valence-electron chi connectivity index (χ3n) is 2.99. The van der Waals surface area contributed by atoms with E-state index in [0.29, 0.717) is 11.7 Å². The standard InChI is InChI=1S/C9H17NO/c1-7(11)9(2,3)8-4-5-10-6-8/h8,10H,4-6H2,1-3H3/t8-/m0/s1. The van der Waals surface area contributed by atoms with Crippen LogP contribution in [0.15, 0.2) is 0 Å². The van der Waals surface area contributed by atoms with Gasteiger partial charge in [-0.15, -0.1) is 0 Å². The molecule has 1 fully saturated rings. The highest BCUT2D eigenvalue weighted by Gasteiger charge is 2.35. The molecule has 0 spiro atoms. The van der Waals surface area contributed by atoms with E-state index in [1.165, 1.54) is 0 Å². The van der Waals surface area contributed by atoms with Crippen LogP contribution in [0, 0.1) is 11.3 Å². The Balaban J connectivity index is 2.62. The van der Waals surface area contributed by atoms with Crippen LogP contribution in [0.1, 0.15) is 27.2 Å². The number of Topliss-reactive ketones (excluding diaryl/α,β-unsaturated/α-hetero) is 1. The van der Waals surface area contributed by atoms with E-state index in [1.807, 2.05) is 13.8 Å². The Morgan fingerprint density at radius 3 is 2.55 bits per heavy atom. The average Bonchev–Trinajstić information content (AvgIpc) is 2.37. The fraction of sp³-hybridized carbons (Fsp3) is 0.889. The van der Waals surface area contributed by atoms with E-state index < -0.39 is 0 Å². The second-order valence-corrected chi connectivity index (χ2v) is 3.97. The summed E-state index contributed by atoms with van der Waals surface area (Å²) in [6.45, 7) is 7.87. The molecule has 1 heterocycles. The lowest BCUT2D eigenvalue weighted by molar-refractivity contribution is -0.127. The van der Waals surface area contributed by atoms with Crippen molar-refractivity contribution in [3.05, 3.63) is 0 Å². The summed E-state index contributed by atoms with van der Waals surface area (Å²) in [6, 6.07) is 0. The Hall–Kier alpha value is -0.370. The van der Waals surface area contributed by atoms with Crippen molar-refractivity contribution in [2.75, 3.05) is 13.1 Å². The van der Waals surface area contributed by atoms with E-state index in [9.17, 15) is 4.79 Å². The summed E-state index contributed by atoms with van der Waals surface area (Å²) in [5.74, 6) is 0.853. The topological polar surface area (TPSA) is 29.1 Å². The SMILES string of the molecule is CC(=O)C(C)(C)[C@H]1CCNC1. The third-order valence-corrected chi connectivity index (χ3v) is 2.99. The number of nitrogens with one attached hydrogen (secondary N) is 1. The predicted molar refractivity (Wildman–Crippen MR) is 45.4 cm³/mol. The van der Waals surface area contributed by atoms with Crippen molar-refractivity contribution < 1.29 is 4.79 Å². The number of carbonyl (C=O) groups is 1. The van der Waals surface area contributed by atoms with Crippen LogP contribution < -0.4 is 5.32 Å². The highest BCUT2D eigenvalue weighted by atomic mass is 16.1. The number of rotatable bonds is 2. The molecule has 0 aromatic heterocycles. The first-order chi connectivity index (χ1) is 5.05. The van der Waals surface area contributed by atoms with Crippen LogP contribution in [-0.4, -0.2) is 18.9 Å². The Bertz CT molecular complexity index is 157. The Morgan fingerprint density at radius 2 is 2.18 bits per heavy atom. The van der Waals surface area contributed by atoms with E-state index >= 15 is 0 Å². The number of ketones is 1. The molecule has 1 rings (SSSR count). The first-order valence-corrected chi connectivity index (χ1v) is 4.27. The summed E-state index contributed by atoms with van der Waals surface area (Å²) in [5, 5.41) is 3.28. The van der Waals surface area contributed by atoms with Crippen LogP contribution in [0.5, 0.6) is 0 Å². The van der Waals surface area contributed by atoms with E-state index in [0.717, 1.165) is 19.5 Å². The van der Waals surface area contributed by atoms with Crippen LogP contribution >= 0.6 is 0 Å². The van der Waals surface area contributed by atoms with Crippen LogP contribution in [0.25, 0.3) is 0 Å². The van der Waals surface area contributed by atoms with Crippen LogP contribution in [-0.2, 0) is 4.79 Å². The van der Waals surface area contributed by atoms with Gasteiger partial charge in [0.2, 0.25) is 0 Å². The normalized spacial score (nSPS) is 25.5. The quantitative estimate of drug-likeness (QED) is 0.649. The van der Waals surface area contributed by atoms with Crippen molar-refractivity contribution in [3.63, 3.8) is 0 Å². The number of hydrogen-bond acceptors (Lipinski definition) is 2. The van der Waals surface area contributed by atoms with Gasteiger partial charge in [-0.2, -0.15) is 0 Å². The molecule has 1 aliphatic heterocycles. The molecule has 0 radical (unpaired) electrons. The van der Waals surface area contributed by atoms with Gasteiger partial charge in [-0.3, -0.25) is 4.79 Å². The first-order valence-electron chi connectivity index (χ1n) is 4.27. The van der Waals surface area contributed by atoms with Crippen molar-refractivity contribution in [1.29, 1.82) is 0 Å². The van der Waals surface area contributed by atoms with E-state index in [2.05, 4.69) is 5.32 Å². The van der Waals surface area contributed by atoms with Gasteiger partial charge in [0, 0.05) is 5.41 Å². The molecule has 64 valence electrons. The molecule has 0 aromatic carbocycles. The maximum atomic E-state index is 11.2. The van der Waals surface area contributed by atoms with Crippen molar-refractivity contribution >= 4 is 5.78 Å². The van der Waals surface area contributed by atoms with Gasteiger partial charge in [0.25, 0.3) is 0 Å². The second kappa shape index (κ2) is 2.94. The van der Waals surface area contributed by atoms with Crippen molar-refractivity contribution in [2.45, 2.75) is 27.2 Å². The number of hydrogen-bond donors (Lipinski definition) is 1. The van der Waals surface area contributed by atoms with Gasteiger partial charge in [0.1, 0.15) is 5.78 Å². The fourth-order valence-electron chi connectivity index (χ4n) is 1.56. The van der Waals surface area contributed by atoms with Gasteiger partial charge in [-0.1, -0.05) is 13.8 Å². The molecule has 1 aliphatic rings. The van der Waals surface area contributed by atoms with Crippen LogP contribution in [0.4, 0.5) is 0 Å². The molecule has 2 heteroatoms. The number of carbonyl (C=O) groups excluding carboxylic acids is 1. The summed E-state index contributed by atoms with van der Waals surface area (Å²) in [6.07, 6.45) is 1.15. The molecule has 1 atom stereocenters. The monoisotopic (exact) mass is 155 g/mol. The largest absolute Gasteiger partial charge is 0.316 e. The van der Waals surface area contributed by atoms with Gasteiger partial charge in [0.05, 0.1) is 0 Å². The lowest BCUT2D eigenvalue weighted by Crippen LogP contribution is -2.32. The molecule has 0 aromatic rings. The maximum Gasteiger partial charge on any atom is 0.135 e. The fourth-order valence-corrected chi connectivity index (χ4v) is 1.56. The maximum absolute atomic E-state index is 11.2. The van der Waals surface area contributed by atoms with Crippen molar-refractivity contribution in [3.8, 4) is 0 Å². The Morgan fingerprint density at radius 1 is 1.55 bits per heavy atom. The van der Waals surface area contributed by atoms with Crippen LogP contribution in [0.3, 0.4) is 0 Å². The molecule has 0 unspecified atom stereocenters. The molecule has 0 aliphatic carbocycles. The smallest absolute Gasteiger partial charge is 0.135 e. The zero-order valence-electron chi connectivity index (χ0n) is 7.61. The molecular formula is C9H17NO. The molecule has 0 saturated carbocycles. The Kier molecular flexibility index (Phi) is 2.33. The van der Waals surface area contributed by atoms with E-state index in [-0.39, 0.29) is 5.41 Å². The predicted octanol–water partition coefficient (Wildman–Crippen LogP) is 1.21. The van der Waals surface area contributed by atoms with Crippen molar-refractivity contribution in [1.82, 2.24) is 5.32 Å². The lowest BCUT2D eigenvalue weighted by atomic mass is 9.75. The third kappa shape index (κ3) is 1.62. The summed E-state index contributed by atoms with van der Waals surface area (Å²) in [5.41, 5.74) is -0.122. The summed E-state index contributed by atoms with van der Waals surface area (Å²) in [4.78, 5) is 11.2. The van der Waals surface area contributed by atoms with Gasteiger partial charge in [0.15, 0.2) is 0 Å². The highest BCUT2D eigenvalue weighted by Crippen LogP contribution is 2.31. The zero-order valence-corrected chi connectivity index (χ0v) is 7.61. The minimum atomic E-state index is -0.122. The zero-order chi connectivity index (χ0) is 8.48. The van der Waals surface area contributed by atoms with Gasteiger partial charge in [-0.25, -0.2) is 0 Å². The minimum absolute atomic E-state index is 0.122.